The predicted octanol–water partition coefficient (Wildman–Crippen LogP) is 2.34. The number of amides is 2. The van der Waals surface area contributed by atoms with Crippen molar-refractivity contribution in [1.82, 2.24) is 19.6 Å². The number of carbonyl (C=O) groups is 2. The normalized spacial score (nSPS) is 17.0. The minimum absolute atomic E-state index is 0.111. The zero-order valence-corrected chi connectivity index (χ0v) is 14.6. The molecule has 4 rings (SSSR count). The largest absolute Gasteiger partial charge is 0.459 e. The number of aromatic nitrogens is 2. The van der Waals surface area contributed by atoms with Gasteiger partial charge in [0.1, 0.15) is 0 Å². The number of fused-ring (bicyclic) bond motifs is 1. The standard InChI is InChI=1S/C18H22N4O3/c1-12(2)22-15-11-21(18(24)16-5-4-8-25-16)9-13(15)14(19-22)10-20-7-3-6-17(20)23/h4-5,8,12H,3,6-7,9-11H2,1-2H3. The Morgan fingerprint density at radius 3 is 2.84 bits per heavy atom. The molecule has 0 bridgehead atoms. The number of likely N-dealkylation sites (tertiary alicyclic amines) is 1. The maximum atomic E-state index is 12.6. The number of carbonyl (C=O) groups excluding carboxylic acids is 2. The highest BCUT2D eigenvalue weighted by molar-refractivity contribution is 5.91. The van der Waals surface area contributed by atoms with Gasteiger partial charge in [-0.05, 0) is 32.4 Å². The zero-order valence-electron chi connectivity index (χ0n) is 14.6. The minimum Gasteiger partial charge on any atom is -0.459 e. The van der Waals surface area contributed by atoms with Gasteiger partial charge in [-0.3, -0.25) is 14.3 Å². The molecule has 2 aliphatic rings. The van der Waals surface area contributed by atoms with Crippen LogP contribution in [0.25, 0.3) is 0 Å². The highest BCUT2D eigenvalue weighted by atomic mass is 16.3. The first kappa shape index (κ1) is 15.9. The molecule has 2 amide bonds. The molecule has 0 aromatic carbocycles. The summed E-state index contributed by atoms with van der Waals surface area (Å²) in [5.74, 6) is 0.430. The van der Waals surface area contributed by atoms with Crippen LogP contribution in [0, 0.1) is 0 Å². The van der Waals surface area contributed by atoms with Gasteiger partial charge in [-0.15, -0.1) is 0 Å². The molecule has 0 unspecified atom stereocenters. The highest BCUT2D eigenvalue weighted by Crippen LogP contribution is 2.30. The molecule has 1 fully saturated rings. The Hall–Kier alpha value is -2.57. The van der Waals surface area contributed by atoms with E-state index < -0.39 is 0 Å². The third-order valence-electron chi connectivity index (χ3n) is 4.91. The number of rotatable bonds is 4. The molecule has 0 atom stereocenters. The van der Waals surface area contributed by atoms with E-state index in [0.717, 1.165) is 29.9 Å². The first-order valence-corrected chi connectivity index (χ1v) is 8.74. The third-order valence-corrected chi connectivity index (χ3v) is 4.91. The van der Waals surface area contributed by atoms with Crippen LogP contribution in [0.1, 0.15) is 60.2 Å². The van der Waals surface area contributed by atoms with Crippen molar-refractivity contribution in [1.29, 1.82) is 0 Å². The molecule has 2 aliphatic heterocycles. The van der Waals surface area contributed by atoms with Crippen molar-refractivity contribution in [3.8, 4) is 0 Å². The average molecular weight is 342 g/mol. The van der Waals surface area contributed by atoms with Crippen LogP contribution in [0.4, 0.5) is 0 Å². The lowest BCUT2D eigenvalue weighted by molar-refractivity contribution is -0.128. The molecule has 0 radical (unpaired) electrons. The topological polar surface area (TPSA) is 71.6 Å². The first-order valence-electron chi connectivity index (χ1n) is 8.74. The number of furan rings is 1. The Morgan fingerprint density at radius 2 is 2.20 bits per heavy atom. The summed E-state index contributed by atoms with van der Waals surface area (Å²) >= 11 is 0. The van der Waals surface area contributed by atoms with Crippen molar-refractivity contribution in [2.75, 3.05) is 6.54 Å². The fourth-order valence-corrected chi connectivity index (χ4v) is 3.64. The lowest BCUT2D eigenvalue weighted by atomic mass is 10.2. The van der Waals surface area contributed by atoms with E-state index in [-0.39, 0.29) is 17.9 Å². The fraction of sp³-hybridized carbons (Fsp3) is 0.500. The minimum atomic E-state index is -0.111. The molecule has 0 saturated carbocycles. The van der Waals surface area contributed by atoms with Crippen LogP contribution in [0.2, 0.25) is 0 Å². The van der Waals surface area contributed by atoms with Crippen LogP contribution in [-0.2, 0) is 24.4 Å². The van der Waals surface area contributed by atoms with Gasteiger partial charge in [0.2, 0.25) is 5.91 Å². The number of hydrogen-bond acceptors (Lipinski definition) is 4. The Labute approximate surface area is 146 Å². The van der Waals surface area contributed by atoms with Crippen molar-refractivity contribution < 1.29 is 14.0 Å². The first-order chi connectivity index (χ1) is 12.0. The van der Waals surface area contributed by atoms with Gasteiger partial charge in [-0.2, -0.15) is 5.10 Å². The highest BCUT2D eigenvalue weighted by Gasteiger charge is 2.33. The summed E-state index contributed by atoms with van der Waals surface area (Å²) in [5, 5.41) is 4.75. The molecule has 0 aliphatic carbocycles. The number of hydrogen-bond donors (Lipinski definition) is 0. The van der Waals surface area contributed by atoms with Crippen molar-refractivity contribution in [2.45, 2.75) is 52.4 Å². The summed E-state index contributed by atoms with van der Waals surface area (Å²) in [6.45, 7) is 6.51. The molecular formula is C18H22N4O3. The molecule has 0 N–H and O–H groups in total. The fourth-order valence-electron chi connectivity index (χ4n) is 3.64. The molecular weight excluding hydrogens is 320 g/mol. The smallest absolute Gasteiger partial charge is 0.290 e. The van der Waals surface area contributed by atoms with E-state index in [1.165, 1.54) is 6.26 Å². The van der Waals surface area contributed by atoms with E-state index in [0.29, 0.717) is 31.8 Å². The Balaban J connectivity index is 1.61. The Kier molecular flexibility index (Phi) is 3.86. The van der Waals surface area contributed by atoms with E-state index >= 15 is 0 Å². The van der Waals surface area contributed by atoms with Crippen molar-refractivity contribution >= 4 is 11.8 Å². The van der Waals surface area contributed by atoms with E-state index in [2.05, 4.69) is 13.8 Å². The van der Waals surface area contributed by atoms with Crippen LogP contribution in [0.5, 0.6) is 0 Å². The third kappa shape index (κ3) is 2.73. The van der Waals surface area contributed by atoms with Gasteiger partial charge in [0.25, 0.3) is 5.91 Å². The maximum absolute atomic E-state index is 12.6. The van der Waals surface area contributed by atoms with Crippen LogP contribution in [-0.4, -0.2) is 37.9 Å². The molecule has 7 heteroatoms. The van der Waals surface area contributed by atoms with Crippen molar-refractivity contribution in [3.63, 3.8) is 0 Å². The lowest BCUT2D eigenvalue weighted by Gasteiger charge is -2.18. The van der Waals surface area contributed by atoms with Crippen molar-refractivity contribution in [2.24, 2.45) is 0 Å². The second-order valence-corrected chi connectivity index (χ2v) is 6.97. The van der Waals surface area contributed by atoms with Gasteiger partial charge in [-0.25, -0.2) is 0 Å². The molecule has 1 saturated heterocycles. The quantitative estimate of drug-likeness (QED) is 0.855. The summed E-state index contributed by atoms with van der Waals surface area (Å²) in [6, 6.07) is 3.61. The van der Waals surface area contributed by atoms with Crippen LogP contribution in [0.15, 0.2) is 22.8 Å². The molecule has 4 heterocycles. The number of nitrogens with zero attached hydrogens (tertiary/aromatic N) is 4. The molecule has 2 aromatic heterocycles. The van der Waals surface area contributed by atoms with E-state index in [4.69, 9.17) is 9.52 Å². The van der Waals surface area contributed by atoms with Crippen LogP contribution < -0.4 is 0 Å². The van der Waals surface area contributed by atoms with E-state index in [1.807, 2.05) is 9.58 Å². The Bertz CT molecular complexity index is 807. The summed E-state index contributed by atoms with van der Waals surface area (Å²) < 4.78 is 7.23. The van der Waals surface area contributed by atoms with Gasteiger partial charge < -0.3 is 14.2 Å². The summed E-state index contributed by atoms with van der Waals surface area (Å²) in [6.07, 6.45) is 3.04. The van der Waals surface area contributed by atoms with Gasteiger partial charge >= 0.3 is 0 Å². The Morgan fingerprint density at radius 1 is 1.36 bits per heavy atom. The summed E-state index contributed by atoms with van der Waals surface area (Å²) in [4.78, 5) is 28.2. The maximum Gasteiger partial charge on any atom is 0.290 e. The summed E-state index contributed by atoms with van der Waals surface area (Å²) in [7, 11) is 0. The average Bonchev–Trinajstić information content (AvgIpc) is 3.33. The monoisotopic (exact) mass is 342 g/mol. The van der Waals surface area contributed by atoms with Crippen molar-refractivity contribution in [3.05, 3.63) is 41.1 Å². The second kappa shape index (κ2) is 6.06. The zero-order chi connectivity index (χ0) is 17.6. The molecule has 25 heavy (non-hydrogen) atoms. The summed E-state index contributed by atoms with van der Waals surface area (Å²) in [5.41, 5.74) is 3.05. The molecule has 2 aromatic rings. The van der Waals surface area contributed by atoms with Gasteiger partial charge in [-0.1, -0.05) is 0 Å². The van der Waals surface area contributed by atoms with Crippen LogP contribution >= 0.6 is 0 Å². The van der Waals surface area contributed by atoms with E-state index in [1.54, 1.807) is 17.0 Å². The van der Waals surface area contributed by atoms with Crippen LogP contribution in [0.3, 0.4) is 0 Å². The second-order valence-electron chi connectivity index (χ2n) is 6.97. The molecule has 0 spiro atoms. The SMILES string of the molecule is CC(C)n1nc(CN2CCCC2=O)c2c1CN(C(=O)c1ccco1)C2. The molecule has 7 nitrogen and oxygen atoms in total. The molecule has 132 valence electrons. The predicted molar refractivity (Wildman–Crippen MR) is 89.5 cm³/mol. The van der Waals surface area contributed by atoms with Gasteiger partial charge in [0.15, 0.2) is 5.76 Å². The lowest BCUT2D eigenvalue weighted by Crippen LogP contribution is -2.28. The van der Waals surface area contributed by atoms with Gasteiger partial charge in [0.05, 0.1) is 37.3 Å². The van der Waals surface area contributed by atoms with E-state index in [9.17, 15) is 9.59 Å². The van der Waals surface area contributed by atoms with Gasteiger partial charge in [0, 0.05) is 24.6 Å².